The Hall–Kier alpha value is -2.21. The van der Waals surface area contributed by atoms with Gasteiger partial charge in [-0.25, -0.2) is 0 Å². The lowest BCUT2D eigenvalue weighted by Gasteiger charge is -2.23. The molecule has 0 unspecified atom stereocenters. The fourth-order valence-corrected chi connectivity index (χ4v) is 3.31. The maximum Gasteiger partial charge on any atom is 0.287 e. The van der Waals surface area contributed by atoms with Crippen LogP contribution in [-0.2, 0) is 25.5 Å². The van der Waals surface area contributed by atoms with Gasteiger partial charge in [0.25, 0.3) is 5.91 Å². The van der Waals surface area contributed by atoms with E-state index in [0.717, 1.165) is 5.56 Å². The van der Waals surface area contributed by atoms with Crippen molar-refractivity contribution in [3.8, 4) is 0 Å². The molecule has 2 aliphatic heterocycles. The molecule has 24 heavy (non-hydrogen) atoms. The third-order valence-electron chi connectivity index (χ3n) is 4.73. The van der Waals surface area contributed by atoms with Crippen molar-refractivity contribution < 1.29 is 19.1 Å². The van der Waals surface area contributed by atoms with Gasteiger partial charge >= 0.3 is 0 Å². The highest BCUT2D eigenvalue weighted by Crippen LogP contribution is 2.24. The van der Waals surface area contributed by atoms with E-state index in [1.165, 1.54) is 0 Å². The van der Waals surface area contributed by atoms with Crippen LogP contribution in [0, 0.1) is 11.8 Å². The van der Waals surface area contributed by atoms with Gasteiger partial charge in [-0.05, 0) is 24.8 Å². The second-order valence-corrected chi connectivity index (χ2v) is 6.37. The Labute approximate surface area is 140 Å². The van der Waals surface area contributed by atoms with Gasteiger partial charge < -0.3 is 15.4 Å². The van der Waals surface area contributed by atoms with Crippen molar-refractivity contribution in [3.05, 3.63) is 35.9 Å². The Balaban J connectivity index is 1.63. The van der Waals surface area contributed by atoms with E-state index >= 15 is 0 Å². The second kappa shape index (κ2) is 7.57. The molecule has 1 aromatic rings. The smallest absolute Gasteiger partial charge is 0.287 e. The predicted octanol–water partition coefficient (Wildman–Crippen LogP) is 0.456. The largest absolute Gasteiger partial charge is 0.381 e. The Morgan fingerprint density at radius 3 is 2.58 bits per heavy atom. The van der Waals surface area contributed by atoms with Crippen LogP contribution in [0.5, 0.6) is 0 Å². The summed E-state index contributed by atoms with van der Waals surface area (Å²) in [5, 5.41) is 5.51. The van der Waals surface area contributed by atoms with Crippen molar-refractivity contribution in [2.24, 2.45) is 11.8 Å². The minimum atomic E-state index is -0.599. The number of benzene rings is 1. The first-order valence-corrected chi connectivity index (χ1v) is 8.39. The Kier molecular flexibility index (Phi) is 5.25. The van der Waals surface area contributed by atoms with Crippen molar-refractivity contribution in [1.82, 2.24) is 10.6 Å². The normalized spacial score (nSPS) is 24.4. The number of rotatable bonds is 5. The number of Topliss-reactive ketones (excluding diaryl/α,β-unsaturated/α-hetero) is 1. The number of carbonyl (C=O) groups is 3. The van der Waals surface area contributed by atoms with Crippen LogP contribution in [0.4, 0.5) is 0 Å². The Morgan fingerprint density at radius 1 is 1.17 bits per heavy atom. The molecule has 2 aliphatic rings. The highest BCUT2D eigenvalue weighted by atomic mass is 16.5. The number of hydrogen-bond acceptors (Lipinski definition) is 4. The minimum absolute atomic E-state index is 0.0205. The van der Waals surface area contributed by atoms with Gasteiger partial charge in [-0.15, -0.1) is 0 Å². The number of ether oxygens (including phenoxy) is 1. The zero-order valence-electron chi connectivity index (χ0n) is 13.5. The number of nitrogens with one attached hydrogen (secondary N) is 2. The van der Waals surface area contributed by atoms with Crippen LogP contribution < -0.4 is 10.6 Å². The molecule has 2 N–H and O–H groups in total. The van der Waals surface area contributed by atoms with E-state index in [2.05, 4.69) is 10.6 Å². The third kappa shape index (κ3) is 3.82. The molecule has 2 saturated heterocycles. The molecule has 0 aliphatic carbocycles. The van der Waals surface area contributed by atoms with Crippen molar-refractivity contribution in [2.45, 2.75) is 25.3 Å². The molecule has 6 heteroatoms. The van der Waals surface area contributed by atoms with Crippen LogP contribution in [-0.4, -0.2) is 43.4 Å². The van der Waals surface area contributed by atoms with Crippen molar-refractivity contribution >= 4 is 17.6 Å². The molecule has 0 spiro atoms. The van der Waals surface area contributed by atoms with E-state index in [4.69, 9.17) is 4.74 Å². The van der Waals surface area contributed by atoms with Gasteiger partial charge in [-0.1, -0.05) is 30.3 Å². The van der Waals surface area contributed by atoms with Gasteiger partial charge in [-0.2, -0.15) is 0 Å². The number of ketones is 1. The number of carbonyl (C=O) groups excluding carboxylic acids is 3. The van der Waals surface area contributed by atoms with Gasteiger partial charge in [-0.3, -0.25) is 14.4 Å². The summed E-state index contributed by atoms with van der Waals surface area (Å²) in [5.41, 5.74) is 0.988. The van der Waals surface area contributed by atoms with Crippen LogP contribution in [0.15, 0.2) is 30.3 Å². The fraction of sp³-hybridized carbons (Fsp3) is 0.500. The first-order chi connectivity index (χ1) is 11.6. The second-order valence-electron chi connectivity index (χ2n) is 6.37. The van der Waals surface area contributed by atoms with Gasteiger partial charge in [0.1, 0.15) is 0 Å². The number of hydrogen-bond donors (Lipinski definition) is 2. The Morgan fingerprint density at radius 2 is 1.88 bits per heavy atom. The van der Waals surface area contributed by atoms with Crippen LogP contribution in [0.1, 0.15) is 18.4 Å². The lowest BCUT2D eigenvalue weighted by Crippen LogP contribution is -2.45. The van der Waals surface area contributed by atoms with Crippen LogP contribution in [0.25, 0.3) is 0 Å². The minimum Gasteiger partial charge on any atom is -0.381 e. The highest BCUT2D eigenvalue weighted by Gasteiger charge is 2.41. The molecule has 0 radical (unpaired) electrons. The monoisotopic (exact) mass is 330 g/mol. The standard InChI is InChI=1S/C18H22N2O4/c21-16(18(23)20-13-6-8-24-9-7-13)15-11-19-17(22)14(15)10-12-4-2-1-3-5-12/h1-5,13-15H,6-11H2,(H,19,22)(H,20,23)/t14-,15+/m1/s1. The summed E-state index contributed by atoms with van der Waals surface area (Å²) >= 11 is 0. The average Bonchev–Trinajstić information content (AvgIpc) is 2.97. The molecular weight excluding hydrogens is 308 g/mol. The third-order valence-corrected chi connectivity index (χ3v) is 4.73. The summed E-state index contributed by atoms with van der Waals surface area (Å²) in [6.07, 6.45) is 1.90. The summed E-state index contributed by atoms with van der Waals surface area (Å²) in [4.78, 5) is 36.9. The SMILES string of the molecule is O=C(NC1CCOCC1)C(=O)[C@H]1CNC(=O)[C@@H]1Cc1ccccc1. The first-order valence-electron chi connectivity index (χ1n) is 8.39. The first kappa shape index (κ1) is 16.6. The van der Waals surface area contributed by atoms with E-state index in [0.29, 0.717) is 32.5 Å². The maximum absolute atomic E-state index is 12.5. The van der Waals surface area contributed by atoms with Gasteiger partial charge in [0.15, 0.2) is 0 Å². The predicted molar refractivity (Wildman–Crippen MR) is 87.1 cm³/mol. The van der Waals surface area contributed by atoms with E-state index in [9.17, 15) is 14.4 Å². The summed E-state index contributed by atoms with van der Waals surface area (Å²) < 4.78 is 5.25. The quantitative estimate of drug-likeness (QED) is 0.768. The average molecular weight is 330 g/mol. The van der Waals surface area contributed by atoms with Gasteiger partial charge in [0.2, 0.25) is 11.7 Å². The fourth-order valence-electron chi connectivity index (χ4n) is 3.31. The lowest BCUT2D eigenvalue weighted by atomic mass is 9.86. The summed E-state index contributed by atoms with van der Waals surface area (Å²) in [5.74, 6) is -2.32. The molecule has 6 nitrogen and oxygen atoms in total. The van der Waals surface area contributed by atoms with Crippen molar-refractivity contribution in [3.63, 3.8) is 0 Å². The molecule has 2 fully saturated rings. The van der Waals surface area contributed by atoms with E-state index < -0.39 is 23.5 Å². The van der Waals surface area contributed by atoms with Crippen LogP contribution >= 0.6 is 0 Å². The van der Waals surface area contributed by atoms with Gasteiger partial charge in [0, 0.05) is 25.8 Å². The zero-order chi connectivity index (χ0) is 16.9. The number of amides is 2. The molecule has 1 aromatic carbocycles. The van der Waals surface area contributed by atoms with Crippen LogP contribution in [0.2, 0.25) is 0 Å². The van der Waals surface area contributed by atoms with Gasteiger partial charge in [0.05, 0.1) is 11.8 Å². The van der Waals surface area contributed by atoms with Crippen molar-refractivity contribution in [2.75, 3.05) is 19.8 Å². The molecule has 0 bridgehead atoms. The van der Waals surface area contributed by atoms with Crippen LogP contribution in [0.3, 0.4) is 0 Å². The maximum atomic E-state index is 12.5. The van der Waals surface area contributed by atoms with E-state index in [1.54, 1.807) is 0 Å². The summed E-state index contributed by atoms with van der Waals surface area (Å²) in [7, 11) is 0. The van der Waals surface area contributed by atoms with Crippen molar-refractivity contribution in [1.29, 1.82) is 0 Å². The molecule has 3 rings (SSSR count). The molecule has 2 heterocycles. The Bertz CT molecular complexity index is 611. The molecule has 2 atom stereocenters. The molecule has 2 amide bonds. The molecule has 0 aromatic heterocycles. The topological polar surface area (TPSA) is 84.5 Å². The highest BCUT2D eigenvalue weighted by molar-refractivity contribution is 6.37. The molecule has 128 valence electrons. The molecule has 0 saturated carbocycles. The lowest BCUT2D eigenvalue weighted by molar-refractivity contribution is -0.142. The van der Waals surface area contributed by atoms with E-state index in [1.807, 2.05) is 30.3 Å². The summed E-state index contributed by atoms with van der Waals surface area (Å²) in [6, 6.07) is 9.54. The van der Waals surface area contributed by atoms with E-state index in [-0.39, 0.29) is 18.5 Å². The zero-order valence-corrected chi connectivity index (χ0v) is 13.5. The summed E-state index contributed by atoms with van der Waals surface area (Å²) in [6.45, 7) is 1.43. The molecular formula is C18H22N2O4.